The van der Waals surface area contributed by atoms with Crippen molar-refractivity contribution in [2.75, 3.05) is 0 Å². The molecule has 0 radical (unpaired) electrons. The Hall–Kier alpha value is -1.94. The molecule has 0 aromatic heterocycles. The average Bonchev–Trinajstić information content (AvgIpc) is 3.13. The van der Waals surface area contributed by atoms with Gasteiger partial charge in [-0.25, -0.2) is 0 Å². The van der Waals surface area contributed by atoms with Crippen molar-refractivity contribution in [1.29, 1.82) is 0 Å². The van der Waals surface area contributed by atoms with Crippen molar-refractivity contribution in [3.05, 3.63) is 47.0 Å². The van der Waals surface area contributed by atoms with Crippen LogP contribution in [0, 0.1) is 29.1 Å². The van der Waals surface area contributed by atoms with E-state index in [1.165, 1.54) is 6.21 Å². The molecule has 3 fully saturated rings. The molecule has 1 aliphatic heterocycles. The first-order valence-electron chi connectivity index (χ1n) is 7.97. The molecule has 0 unspecified atom stereocenters. The van der Waals surface area contributed by atoms with Crippen molar-refractivity contribution in [2.24, 2.45) is 34.2 Å². The van der Waals surface area contributed by atoms with Gasteiger partial charge in [-0.2, -0.15) is 10.1 Å². The lowest BCUT2D eigenvalue weighted by Gasteiger charge is -2.18. The molecule has 1 aromatic carbocycles. The molecule has 1 saturated heterocycles. The summed E-state index contributed by atoms with van der Waals surface area (Å²) in [4.78, 5) is 25.4. The molecule has 4 nitrogen and oxygen atoms in total. The van der Waals surface area contributed by atoms with Gasteiger partial charge in [0.25, 0.3) is 11.8 Å². The van der Waals surface area contributed by atoms with E-state index in [1.54, 1.807) is 12.1 Å². The minimum absolute atomic E-state index is 0.138. The van der Waals surface area contributed by atoms with Gasteiger partial charge in [-0.15, -0.1) is 0 Å². The van der Waals surface area contributed by atoms with Crippen molar-refractivity contribution >= 4 is 29.6 Å². The first-order valence-corrected chi connectivity index (χ1v) is 8.35. The van der Waals surface area contributed by atoms with Gasteiger partial charge in [0.1, 0.15) is 0 Å². The lowest BCUT2D eigenvalue weighted by Crippen LogP contribution is -2.30. The smallest absolute Gasteiger partial charge is 0.254 e. The van der Waals surface area contributed by atoms with E-state index in [0.717, 1.165) is 23.4 Å². The Morgan fingerprint density at radius 1 is 1.13 bits per heavy atom. The summed E-state index contributed by atoms with van der Waals surface area (Å²) in [7, 11) is 0. The predicted molar refractivity (Wildman–Crippen MR) is 85.7 cm³/mol. The van der Waals surface area contributed by atoms with Crippen LogP contribution in [-0.2, 0) is 9.59 Å². The number of benzene rings is 1. The van der Waals surface area contributed by atoms with E-state index in [9.17, 15) is 9.59 Å². The van der Waals surface area contributed by atoms with Crippen LogP contribution in [-0.4, -0.2) is 23.0 Å². The summed E-state index contributed by atoms with van der Waals surface area (Å²) in [6.07, 6.45) is 8.15. The molecule has 1 aromatic rings. The normalized spacial score (nSPS) is 35.8. The average molecular weight is 327 g/mol. The maximum absolute atomic E-state index is 12.7. The first-order chi connectivity index (χ1) is 11.1. The van der Waals surface area contributed by atoms with Crippen molar-refractivity contribution in [3.8, 4) is 0 Å². The van der Waals surface area contributed by atoms with Crippen molar-refractivity contribution in [3.63, 3.8) is 0 Å². The fourth-order valence-corrected chi connectivity index (χ4v) is 5.09. The molecule has 1 heterocycles. The van der Waals surface area contributed by atoms with E-state index < -0.39 is 0 Å². The zero-order valence-electron chi connectivity index (χ0n) is 12.4. The largest absolute Gasteiger partial charge is 0.272 e. The van der Waals surface area contributed by atoms with Gasteiger partial charge in [0.2, 0.25) is 0 Å². The lowest BCUT2D eigenvalue weighted by molar-refractivity contribution is -0.141. The highest BCUT2D eigenvalue weighted by atomic mass is 35.5. The highest BCUT2D eigenvalue weighted by Crippen LogP contribution is 2.73. The third-order valence-electron chi connectivity index (χ3n) is 6.00. The first kappa shape index (κ1) is 13.5. The van der Waals surface area contributed by atoms with Gasteiger partial charge in [-0.05, 0) is 47.8 Å². The number of halogens is 1. The van der Waals surface area contributed by atoms with E-state index in [-0.39, 0.29) is 40.9 Å². The Morgan fingerprint density at radius 2 is 1.78 bits per heavy atom. The number of carbonyl (C=O) groups is 2. The van der Waals surface area contributed by atoms with Crippen LogP contribution in [0.1, 0.15) is 18.4 Å². The Balaban J connectivity index is 1.44. The molecule has 2 saturated carbocycles. The van der Waals surface area contributed by atoms with Gasteiger partial charge in [-0.3, -0.25) is 9.59 Å². The second-order valence-corrected chi connectivity index (χ2v) is 7.45. The second-order valence-electron chi connectivity index (χ2n) is 7.01. The summed E-state index contributed by atoms with van der Waals surface area (Å²) >= 11 is 5.94. The van der Waals surface area contributed by atoms with Gasteiger partial charge in [0.15, 0.2) is 0 Å². The Kier molecular flexibility index (Phi) is 2.54. The molecule has 1 spiro atoms. The minimum atomic E-state index is -0.198. The molecular formula is C18H15ClN2O2. The second kappa shape index (κ2) is 4.32. The van der Waals surface area contributed by atoms with E-state index in [1.807, 2.05) is 12.1 Å². The van der Waals surface area contributed by atoms with Crippen LogP contribution >= 0.6 is 11.6 Å². The highest BCUT2D eigenvalue weighted by Gasteiger charge is 2.73. The Labute approximate surface area is 138 Å². The monoisotopic (exact) mass is 326 g/mol. The number of hydrogen-bond donors (Lipinski definition) is 0. The number of nitrogens with zero attached hydrogens (tertiary/aromatic N) is 2. The van der Waals surface area contributed by atoms with Crippen LogP contribution in [0.3, 0.4) is 0 Å². The van der Waals surface area contributed by atoms with Crippen molar-refractivity contribution < 1.29 is 9.59 Å². The molecule has 2 amide bonds. The third kappa shape index (κ3) is 1.65. The van der Waals surface area contributed by atoms with Crippen LogP contribution in [0.5, 0.6) is 0 Å². The summed E-state index contributed by atoms with van der Waals surface area (Å²) in [6.45, 7) is 0. The van der Waals surface area contributed by atoms with E-state index >= 15 is 0 Å². The van der Waals surface area contributed by atoms with Gasteiger partial charge in [0, 0.05) is 5.02 Å². The molecule has 4 atom stereocenters. The van der Waals surface area contributed by atoms with Crippen molar-refractivity contribution in [2.45, 2.75) is 12.8 Å². The number of imide groups is 1. The van der Waals surface area contributed by atoms with Gasteiger partial charge >= 0.3 is 0 Å². The van der Waals surface area contributed by atoms with E-state index in [2.05, 4.69) is 17.3 Å². The quantitative estimate of drug-likeness (QED) is 0.476. The maximum Gasteiger partial charge on any atom is 0.254 e. The molecule has 5 rings (SSSR count). The number of carbonyl (C=O) groups excluding carboxylic acids is 2. The van der Waals surface area contributed by atoms with E-state index in [0.29, 0.717) is 5.02 Å². The molecule has 0 N–H and O–H groups in total. The Morgan fingerprint density at radius 3 is 2.35 bits per heavy atom. The fourth-order valence-electron chi connectivity index (χ4n) is 4.89. The zero-order chi connectivity index (χ0) is 15.8. The number of amides is 2. The topological polar surface area (TPSA) is 49.7 Å². The van der Waals surface area contributed by atoms with E-state index in [4.69, 9.17) is 11.6 Å². The number of rotatable bonds is 2. The lowest BCUT2D eigenvalue weighted by atomic mass is 9.85. The highest BCUT2D eigenvalue weighted by molar-refractivity contribution is 6.30. The SMILES string of the molecule is O=C1[C@@H]2[C@@H](C(=O)N1/N=C\c1cccc(Cl)c1)[C@@H]1C=C[C@H]2C12CC2. The number of hydrogen-bond acceptors (Lipinski definition) is 3. The number of fused-ring (bicyclic) bond motifs is 3. The molecule has 3 aliphatic carbocycles. The summed E-state index contributed by atoms with van der Waals surface area (Å²) in [5, 5.41) is 5.85. The zero-order valence-corrected chi connectivity index (χ0v) is 13.1. The van der Waals surface area contributed by atoms with Gasteiger partial charge < -0.3 is 0 Å². The summed E-state index contributed by atoms with van der Waals surface area (Å²) in [5.74, 6) is -0.198. The molecule has 2 bridgehead atoms. The third-order valence-corrected chi connectivity index (χ3v) is 6.24. The Bertz CT molecular complexity index is 762. The van der Waals surface area contributed by atoms with Crippen LogP contribution < -0.4 is 0 Å². The molecular weight excluding hydrogens is 312 g/mol. The molecule has 116 valence electrons. The summed E-state index contributed by atoms with van der Waals surface area (Å²) in [5.41, 5.74) is 0.999. The minimum Gasteiger partial charge on any atom is -0.272 e. The standard InChI is InChI=1S/C18H15ClN2O2/c19-11-3-1-2-10(8-11)9-20-21-16(22)14-12-4-5-13(15(14)17(21)23)18(12)6-7-18/h1-5,8-9,12-15H,6-7H2/b20-9-/t12-,13+,14-,15-/m0/s1. The summed E-state index contributed by atoms with van der Waals surface area (Å²) in [6, 6.07) is 7.17. The van der Waals surface area contributed by atoms with Crippen LogP contribution in [0.4, 0.5) is 0 Å². The predicted octanol–water partition coefficient (Wildman–Crippen LogP) is 2.87. The van der Waals surface area contributed by atoms with Crippen LogP contribution in [0.2, 0.25) is 5.02 Å². The summed E-state index contributed by atoms with van der Waals surface area (Å²) < 4.78 is 0. The molecule has 4 aliphatic rings. The molecule has 5 heteroatoms. The van der Waals surface area contributed by atoms with Crippen molar-refractivity contribution in [1.82, 2.24) is 5.01 Å². The number of hydrazone groups is 1. The van der Waals surface area contributed by atoms with Crippen LogP contribution in [0.25, 0.3) is 0 Å². The number of allylic oxidation sites excluding steroid dienone is 2. The molecule has 23 heavy (non-hydrogen) atoms. The maximum atomic E-state index is 12.7. The van der Waals surface area contributed by atoms with Crippen LogP contribution in [0.15, 0.2) is 41.5 Å². The van der Waals surface area contributed by atoms with Gasteiger partial charge in [-0.1, -0.05) is 35.9 Å². The van der Waals surface area contributed by atoms with Gasteiger partial charge in [0.05, 0.1) is 18.1 Å². The fraction of sp³-hybridized carbons (Fsp3) is 0.389.